The normalized spacial score (nSPS) is 13.3. The van der Waals surface area contributed by atoms with E-state index in [-0.39, 0.29) is 133 Å². The van der Waals surface area contributed by atoms with Gasteiger partial charge in [-0.1, -0.05) is 175 Å². The van der Waals surface area contributed by atoms with Crippen molar-refractivity contribution in [1.29, 1.82) is 0 Å². The van der Waals surface area contributed by atoms with Crippen molar-refractivity contribution in [2.75, 3.05) is 46.2 Å². The average Bonchev–Trinajstić information content (AvgIpc) is 0.761. The lowest BCUT2D eigenvalue weighted by Gasteiger charge is -2.40. The number of halogens is 7. The molecular weight excluding hydrogens is 1660 g/mol. The van der Waals surface area contributed by atoms with Gasteiger partial charge in [0.15, 0.2) is 16.6 Å². The third-order valence-corrected chi connectivity index (χ3v) is 32.5. The summed E-state index contributed by atoms with van der Waals surface area (Å²) in [5, 5.41) is 39.3. The van der Waals surface area contributed by atoms with E-state index in [1.807, 2.05) is 29.9 Å². The van der Waals surface area contributed by atoms with E-state index in [0.29, 0.717) is 99.6 Å². The molecule has 20 nitrogen and oxygen atoms in total. The fraction of sp³-hybridized carbons (Fsp3) is 0.489. The lowest BCUT2D eigenvalue weighted by Crippen LogP contribution is -2.43. The number of aliphatic hydroxyl groups excluding tert-OH is 3. The minimum absolute atomic E-state index is 0.00290. The van der Waals surface area contributed by atoms with Crippen LogP contribution in [0.5, 0.6) is 0 Å². The molecule has 0 radical (unpaired) electrons. The highest BCUT2D eigenvalue weighted by atomic mass is 79.9. The molecule has 0 spiro atoms. The van der Waals surface area contributed by atoms with Gasteiger partial charge in [0.1, 0.15) is 55.7 Å². The number of aryl methyl sites for hydroxylation is 2. The maximum Gasteiger partial charge on any atom is 0.343 e. The number of pyridine rings is 6. The van der Waals surface area contributed by atoms with E-state index in [9.17, 15) is 62.4 Å². The molecule has 4 N–H and O–H groups in total. The van der Waals surface area contributed by atoms with Crippen LogP contribution in [0.3, 0.4) is 0 Å². The maximum absolute atomic E-state index is 15.0. The Labute approximate surface area is 708 Å². The number of rotatable bonds is 27. The predicted octanol–water partition coefficient (Wildman–Crippen LogP) is 19.8. The van der Waals surface area contributed by atoms with Crippen LogP contribution in [0.4, 0.5) is 13.2 Å². The third-order valence-electron chi connectivity index (χ3n) is 22.0. The van der Waals surface area contributed by atoms with E-state index in [1.165, 1.54) is 35.0 Å². The summed E-state index contributed by atoms with van der Waals surface area (Å²) < 4.78 is 73.9. The zero-order valence-corrected chi connectivity index (χ0v) is 76.8. The number of carbonyl (C=O) groups is 3. The Hall–Kier alpha value is -7.48. The van der Waals surface area contributed by atoms with Crippen molar-refractivity contribution in [2.45, 2.75) is 217 Å². The van der Waals surface area contributed by atoms with Gasteiger partial charge in [-0.3, -0.25) is 14.4 Å². The first-order valence-corrected chi connectivity index (χ1v) is 46.9. The highest BCUT2D eigenvalue weighted by Gasteiger charge is 2.42. The first-order chi connectivity index (χ1) is 54.3. The van der Waals surface area contributed by atoms with Crippen LogP contribution in [0.25, 0.3) is 33.1 Å². The molecule has 29 heteroatoms. The van der Waals surface area contributed by atoms with Gasteiger partial charge >= 0.3 is 17.9 Å². The molecule has 3 atom stereocenters. The number of hydrogen-bond acceptors (Lipinski definition) is 16. The van der Waals surface area contributed by atoms with Crippen molar-refractivity contribution in [3.63, 3.8) is 0 Å². The molecule has 6 aromatic heterocycles. The van der Waals surface area contributed by atoms with Gasteiger partial charge in [0, 0.05) is 62.5 Å². The monoisotopic (exact) mass is 1770 g/mol. The predicted molar refractivity (Wildman–Crippen MR) is 467 cm³/mol. The van der Waals surface area contributed by atoms with Crippen molar-refractivity contribution >= 4 is 118 Å². The van der Waals surface area contributed by atoms with Gasteiger partial charge in [0.25, 0.3) is 0 Å². The lowest BCUT2D eigenvalue weighted by molar-refractivity contribution is 0.0513. The van der Waals surface area contributed by atoms with Crippen molar-refractivity contribution in [3.8, 4) is 0 Å². The largest absolute Gasteiger partial charge is 0.477 e. The minimum Gasteiger partial charge on any atom is -0.477 e. The Balaban J connectivity index is 0.000000244. The molecule has 0 aliphatic rings. The molecule has 3 aromatic carbocycles. The summed E-state index contributed by atoms with van der Waals surface area (Å²) in [6, 6.07) is 18.0. The SMILES string of the molecule is CC(C)(C)[C@@H](CO)n1cc(C(=O)O)c(=O)c2cc(Cc3cccc(Cl)c3F)c(CCCO)nc21.CCOC(=O)c1cn([C@H](CO[Si](C)(C)C(C)(C)C)C(C)(C)C)c2nc(Br)c(Cc3cccc(Cl)c3F)cc2c1=O.CCOC(=O)c1cn([C@H](CO[Si](C)(C)C(C)(C)C)C(C)(C)C)c2nc(CCCO)c(Cc3cccc(Cl)c3F)cc2c1=O. The van der Waals surface area contributed by atoms with Gasteiger partial charge in [0.05, 0.1) is 82.4 Å². The number of carbonyl (C=O) groups excluding carboxylic acids is 2. The molecule has 9 aromatic rings. The summed E-state index contributed by atoms with van der Waals surface area (Å²) in [6.07, 6.45) is 6.28. The molecule has 0 saturated heterocycles. The molecule has 0 amide bonds. The molecule has 9 rings (SSSR count). The molecule has 636 valence electrons. The maximum atomic E-state index is 15.0. The van der Waals surface area contributed by atoms with Crippen LogP contribution in [0, 0.1) is 33.7 Å². The third kappa shape index (κ3) is 23.2. The summed E-state index contributed by atoms with van der Waals surface area (Å²) in [4.78, 5) is 93.0. The van der Waals surface area contributed by atoms with Crippen LogP contribution in [-0.2, 0) is 50.4 Å². The summed E-state index contributed by atoms with van der Waals surface area (Å²) in [5.41, 5.74) is 1.49. The van der Waals surface area contributed by atoms with E-state index in [0.717, 1.165) is 0 Å². The molecule has 0 bridgehead atoms. The van der Waals surface area contributed by atoms with E-state index in [2.05, 4.69) is 125 Å². The quantitative estimate of drug-likeness (QED) is 0.0212. The summed E-state index contributed by atoms with van der Waals surface area (Å²) in [5.74, 6) is -4.45. The molecular formula is C88H113BrCl3F3N6O14Si2. The minimum atomic E-state index is -2.16. The van der Waals surface area contributed by atoms with Crippen LogP contribution in [0.15, 0.2) is 110 Å². The number of carboxylic acid groups (broad SMARTS) is 1. The molecule has 0 fully saturated rings. The number of esters is 2. The summed E-state index contributed by atoms with van der Waals surface area (Å²) in [6.45, 7) is 43.9. The lowest BCUT2D eigenvalue weighted by atomic mass is 9.86. The zero-order valence-electron chi connectivity index (χ0n) is 71.0. The number of hydrogen-bond donors (Lipinski definition) is 4. The Kier molecular flexibility index (Phi) is 32.5. The summed E-state index contributed by atoms with van der Waals surface area (Å²) >= 11 is 21.5. The molecule has 0 unspecified atom stereocenters. The van der Waals surface area contributed by atoms with E-state index >= 15 is 0 Å². The van der Waals surface area contributed by atoms with E-state index in [4.69, 9.17) is 68.1 Å². The van der Waals surface area contributed by atoms with Crippen molar-refractivity contribution in [3.05, 3.63) is 221 Å². The second kappa shape index (κ2) is 39.4. The van der Waals surface area contributed by atoms with Crippen LogP contribution in [-0.4, -0.2) is 130 Å². The number of aromatic carboxylic acids is 1. The molecule has 0 aliphatic carbocycles. The summed E-state index contributed by atoms with van der Waals surface area (Å²) in [7, 11) is -4.28. The van der Waals surface area contributed by atoms with Crippen molar-refractivity contribution in [1.82, 2.24) is 28.7 Å². The van der Waals surface area contributed by atoms with Gasteiger partial charge in [-0.05, 0) is 178 Å². The Morgan fingerprint density at radius 3 is 1.09 bits per heavy atom. The first kappa shape index (κ1) is 96.7. The van der Waals surface area contributed by atoms with Crippen molar-refractivity contribution < 1.29 is 66.3 Å². The van der Waals surface area contributed by atoms with Crippen molar-refractivity contribution in [2.24, 2.45) is 16.2 Å². The number of carboxylic acids is 1. The van der Waals surface area contributed by atoms with E-state index in [1.54, 1.807) is 74.8 Å². The molecule has 6 heterocycles. The Morgan fingerprint density at radius 1 is 0.479 bits per heavy atom. The second-order valence-electron chi connectivity index (χ2n) is 35.6. The zero-order chi connectivity index (χ0) is 87.7. The van der Waals surface area contributed by atoms with Crippen LogP contribution in [0.2, 0.25) is 51.3 Å². The second-order valence-corrected chi connectivity index (χ2v) is 47.2. The van der Waals surface area contributed by atoms with Crippen LogP contribution < -0.4 is 16.3 Å². The highest BCUT2D eigenvalue weighted by Crippen LogP contribution is 2.43. The Morgan fingerprint density at radius 2 is 0.786 bits per heavy atom. The van der Waals surface area contributed by atoms with Gasteiger partial charge in [-0.15, -0.1) is 0 Å². The standard InChI is InChI=1S/C33H46ClFN2O5Si.C30H39BrClFN2O4Si.C25H28ClFN2O5/c1-10-41-31(40)24-19-37(27(32(2,3)4)20-42-43(8,9)33(5,6)7)30-23(29(24)39)18-22(26(36-30)15-12-16-38)17-21-13-11-14-25(34)28(21)35;1-10-38-28(37)21-16-35(23(29(2,3)4)17-39-40(8,9)30(5,6)7)27-20(25(21)36)15-19(26(31)34-27)14-18-12-11-13-22(32)24(18)33;1-25(2,3)20(13-31)29-12-17(24(33)34)22(32)16-11-15(19(8-5-9-30)28-23(16)29)10-14-6-4-7-18(26)21(14)27/h11,13-14,18-19,27,38H,10,12,15-17,20H2,1-9H3;11-13,15-16,23H,10,14,17H2,1-9H3;4,6-7,11-12,20,30-31H,5,8-10,13H2,1-3H3,(H,33,34)/t27-;23-;20-/m111/s1. The van der Waals surface area contributed by atoms with Gasteiger partial charge in [0.2, 0.25) is 16.3 Å². The fourth-order valence-electron chi connectivity index (χ4n) is 12.9. The highest BCUT2D eigenvalue weighted by molar-refractivity contribution is 9.10. The van der Waals surface area contributed by atoms with Crippen LogP contribution >= 0.6 is 50.7 Å². The average molecular weight is 1780 g/mol. The molecule has 0 aliphatic heterocycles. The number of ether oxygens (including phenoxy) is 2. The van der Waals surface area contributed by atoms with E-state index < -0.39 is 85.3 Å². The molecule has 0 saturated carbocycles. The first-order valence-electron chi connectivity index (χ1n) is 39.2. The topological polar surface area (TPSA) is 274 Å². The van der Waals surface area contributed by atoms with Gasteiger partial charge in [-0.25, -0.2) is 42.5 Å². The fourth-order valence-corrected chi connectivity index (χ4v) is 15.9. The number of benzene rings is 3. The smallest absolute Gasteiger partial charge is 0.343 e. The number of aromatic nitrogens is 6. The van der Waals surface area contributed by atoms with Gasteiger partial charge < -0.3 is 52.5 Å². The number of aliphatic hydroxyl groups is 3. The molecule has 117 heavy (non-hydrogen) atoms. The number of fused-ring (bicyclic) bond motifs is 3. The Bertz CT molecular complexity index is 5320. The van der Waals surface area contributed by atoms with Gasteiger partial charge in [-0.2, -0.15) is 0 Å². The van der Waals surface area contributed by atoms with Crippen LogP contribution in [0.1, 0.15) is 225 Å². The number of nitrogens with zero attached hydrogens (tertiary/aromatic N) is 6.